The van der Waals surface area contributed by atoms with Crippen molar-refractivity contribution in [3.8, 4) is 0 Å². The highest BCUT2D eigenvalue weighted by molar-refractivity contribution is 6.21. The van der Waals surface area contributed by atoms with Crippen LogP contribution in [0, 0.1) is 0 Å². The molecule has 1 aromatic carbocycles. The van der Waals surface area contributed by atoms with Gasteiger partial charge in [-0.3, -0.25) is 19.6 Å². The van der Waals surface area contributed by atoms with Gasteiger partial charge in [0.2, 0.25) is 0 Å². The zero-order chi connectivity index (χ0) is 14.8. The topological polar surface area (TPSA) is 76.0 Å². The van der Waals surface area contributed by atoms with Crippen LogP contribution in [0.25, 0.3) is 0 Å². The van der Waals surface area contributed by atoms with E-state index in [1.165, 1.54) is 0 Å². The van der Waals surface area contributed by atoms with Gasteiger partial charge in [0.25, 0.3) is 11.8 Å². The fourth-order valence-corrected chi connectivity index (χ4v) is 2.39. The van der Waals surface area contributed by atoms with Crippen LogP contribution < -0.4 is 10.6 Å². The van der Waals surface area contributed by atoms with Crippen molar-refractivity contribution in [1.29, 1.82) is 0 Å². The van der Waals surface area contributed by atoms with Crippen LogP contribution in [0.4, 0.5) is 5.69 Å². The van der Waals surface area contributed by atoms with Gasteiger partial charge in [-0.15, -0.1) is 0 Å². The number of rotatable bonds is 5. The largest absolute Gasteiger partial charge is 0.379 e. The van der Waals surface area contributed by atoms with E-state index in [0.717, 1.165) is 24.3 Å². The highest BCUT2D eigenvalue weighted by Gasteiger charge is 2.26. The quantitative estimate of drug-likeness (QED) is 0.821. The van der Waals surface area contributed by atoms with E-state index in [1.807, 2.05) is 10.7 Å². The summed E-state index contributed by atoms with van der Waals surface area (Å²) in [4.78, 5) is 23.1. The fraction of sp³-hybridized carbons (Fsp3) is 0.267. The average molecular weight is 284 g/mol. The van der Waals surface area contributed by atoms with E-state index in [-0.39, 0.29) is 11.8 Å². The second-order valence-electron chi connectivity index (χ2n) is 4.94. The predicted molar refractivity (Wildman–Crippen MR) is 78.1 cm³/mol. The van der Waals surface area contributed by atoms with Crippen molar-refractivity contribution in [2.24, 2.45) is 0 Å². The van der Waals surface area contributed by atoms with E-state index in [4.69, 9.17) is 0 Å². The van der Waals surface area contributed by atoms with Crippen LogP contribution in [0.5, 0.6) is 0 Å². The fourth-order valence-electron chi connectivity index (χ4n) is 2.39. The van der Waals surface area contributed by atoms with Crippen LogP contribution in [0.2, 0.25) is 0 Å². The lowest BCUT2D eigenvalue weighted by molar-refractivity contribution is 0.0879. The molecule has 0 aliphatic carbocycles. The Morgan fingerprint density at radius 2 is 2.00 bits per heavy atom. The number of carbonyl (C=O) groups excluding carboxylic acids is 2. The molecular formula is C15H16N4O2. The number of fused-ring (bicyclic) bond motifs is 1. The van der Waals surface area contributed by atoms with Crippen LogP contribution in [-0.2, 0) is 13.1 Å². The lowest BCUT2D eigenvalue weighted by Crippen LogP contribution is -2.19. The first-order valence-corrected chi connectivity index (χ1v) is 6.93. The molecule has 21 heavy (non-hydrogen) atoms. The lowest BCUT2D eigenvalue weighted by Gasteiger charge is -2.09. The van der Waals surface area contributed by atoms with E-state index < -0.39 is 0 Å². The van der Waals surface area contributed by atoms with E-state index in [1.54, 1.807) is 24.4 Å². The third-order valence-electron chi connectivity index (χ3n) is 3.45. The summed E-state index contributed by atoms with van der Waals surface area (Å²) in [6.07, 6.45) is 2.80. The molecule has 3 rings (SSSR count). The third kappa shape index (κ3) is 2.52. The van der Waals surface area contributed by atoms with Crippen molar-refractivity contribution in [2.75, 3.05) is 5.32 Å². The Hall–Kier alpha value is -2.63. The Kier molecular flexibility index (Phi) is 3.43. The number of nitrogens with one attached hydrogen (secondary N) is 2. The summed E-state index contributed by atoms with van der Waals surface area (Å²) >= 11 is 0. The summed E-state index contributed by atoms with van der Waals surface area (Å²) in [6.45, 7) is 3.61. The molecule has 0 atom stereocenters. The van der Waals surface area contributed by atoms with Crippen molar-refractivity contribution >= 4 is 17.5 Å². The van der Waals surface area contributed by atoms with Crippen LogP contribution in [-0.4, -0.2) is 21.6 Å². The Bertz CT molecular complexity index is 705. The Labute approximate surface area is 122 Å². The number of aromatic nitrogens is 2. The first kappa shape index (κ1) is 13.4. The van der Waals surface area contributed by atoms with E-state index in [2.05, 4.69) is 22.7 Å². The van der Waals surface area contributed by atoms with E-state index >= 15 is 0 Å². The SMILES string of the molecule is CCCn1nccc1CNc1ccc2c(c1)C(=O)NC2=O. The van der Waals surface area contributed by atoms with Gasteiger partial charge < -0.3 is 5.32 Å². The lowest BCUT2D eigenvalue weighted by atomic mass is 10.1. The van der Waals surface area contributed by atoms with Crippen LogP contribution in [0.3, 0.4) is 0 Å². The van der Waals surface area contributed by atoms with Gasteiger partial charge in [0, 0.05) is 18.4 Å². The minimum Gasteiger partial charge on any atom is -0.379 e. The van der Waals surface area contributed by atoms with Gasteiger partial charge in [-0.25, -0.2) is 0 Å². The third-order valence-corrected chi connectivity index (χ3v) is 3.45. The molecule has 1 aliphatic rings. The highest BCUT2D eigenvalue weighted by Crippen LogP contribution is 2.20. The van der Waals surface area contributed by atoms with E-state index in [0.29, 0.717) is 17.7 Å². The zero-order valence-electron chi connectivity index (χ0n) is 11.7. The van der Waals surface area contributed by atoms with Gasteiger partial charge in [0.1, 0.15) is 0 Å². The van der Waals surface area contributed by atoms with Gasteiger partial charge in [0.05, 0.1) is 23.4 Å². The summed E-state index contributed by atoms with van der Waals surface area (Å²) in [7, 11) is 0. The maximum Gasteiger partial charge on any atom is 0.259 e. The van der Waals surface area contributed by atoms with Gasteiger partial charge in [-0.05, 0) is 30.7 Å². The molecule has 0 unspecified atom stereocenters. The summed E-state index contributed by atoms with van der Waals surface area (Å²) in [6, 6.07) is 7.14. The number of carbonyl (C=O) groups is 2. The molecular weight excluding hydrogens is 268 g/mol. The van der Waals surface area contributed by atoms with Gasteiger partial charge in [0.15, 0.2) is 0 Å². The smallest absolute Gasteiger partial charge is 0.259 e. The molecule has 0 spiro atoms. The molecule has 6 nitrogen and oxygen atoms in total. The predicted octanol–water partition coefficient (Wildman–Crippen LogP) is 1.79. The molecule has 0 fully saturated rings. The first-order chi connectivity index (χ1) is 10.2. The maximum absolute atomic E-state index is 11.6. The molecule has 2 N–H and O–H groups in total. The molecule has 2 amide bonds. The maximum atomic E-state index is 11.6. The molecule has 1 aromatic heterocycles. The number of imide groups is 1. The number of aryl methyl sites for hydroxylation is 1. The molecule has 1 aliphatic heterocycles. The van der Waals surface area contributed by atoms with Crippen molar-refractivity contribution in [3.63, 3.8) is 0 Å². The molecule has 0 saturated carbocycles. The Morgan fingerprint density at radius 3 is 2.81 bits per heavy atom. The molecule has 6 heteroatoms. The summed E-state index contributed by atoms with van der Waals surface area (Å²) in [5, 5.41) is 9.81. The minimum absolute atomic E-state index is 0.331. The number of hydrogen-bond donors (Lipinski definition) is 2. The zero-order valence-corrected chi connectivity index (χ0v) is 11.7. The summed E-state index contributed by atoms with van der Waals surface area (Å²) < 4.78 is 1.95. The van der Waals surface area contributed by atoms with Crippen LogP contribution in [0.1, 0.15) is 39.8 Å². The second-order valence-corrected chi connectivity index (χ2v) is 4.94. The number of benzene rings is 1. The van der Waals surface area contributed by atoms with Crippen molar-refractivity contribution in [1.82, 2.24) is 15.1 Å². The number of amides is 2. The second kappa shape index (κ2) is 5.40. The summed E-state index contributed by atoms with van der Waals surface area (Å²) in [5.74, 6) is -0.669. The minimum atomic E-state index is -0.338. The van der Waals surface area contributed by atoms with Crippen LogP contribution in [0.15, 0.2) is 30.5 Å². The van der Waals surface area contributed by atoms with Crippen LogP contribution >= 0.6 is 0 Å². The Balaban J connectivity index is 1.74. The molecule has 0 radical (unpaired) electrons. The van der Waals surface area contributed by atoms with Gasteiger partial charge >= 0.3 is 0 Å². The normalized spacial score (nSPS) is 13.2. The molecule has 0 bridgehead atoms. The number of hydrogen-bond acceptors (Lipinski definition) is 4. The standard InChI is InChI=1S/C15H16N4O2/c1-2-7-19-11(5-6-17-19)9-16-10-3-4-12-13(8-10)15(21)18-14(12)20/h3-6,8,16H,2,7,9H2,1H3,(H,18,20,21). The average Bonchev–Trinajstić information content (AvgIpc) is 3.03. The molecule has 2 aromatic rings. The number of anilines is 1. The molecule has 108 valence electrons. The highest BCUT2D eigenvalue weighted by atomic mass is 16.2. The first-order valence-electron chi connectivity index (χ1n) is 6.93. The molecule has 2 heterocycles. The van der Waals surface area contributed by atoms with Gasteiger partial charge in [-0.1, -0.05) is 6.92 Å². The molecule has 0 saturated heterocycles. The van der Waals surface area contributed by atoms with Crippen molar-refractivity contribution in [3.05, 3.63) is 47.3 Å². The Morgan fingerprint density at radius 1 is 1.19 bits per heavy atom. The summed E-state index contributed by atoms with van der Waals surface area (Å²) in [5.41, 5.74) is 2.74. The van der Waals surface area contributed by atoms with E-state index in [9.17, 15) is 9.59 Å². The van der Waals surface area contributed by atoms with Crippen molar-refractivity contribution in [2.45, 2.75) is 26.4 Å². The monoisotopic (exact) mass is 284 g/mol. The number of nitrogens with zero attached hydrogens (tertiary/aromatic N) is 2. The van der Waals surface area contributed by atoms with Crippen molar-refractivity contribution < 1.29 is 9.59 Å². The van der Waals surface area contributed by atoms with Gasteiger partial charge in [-0.2, -0.15) is 5.10 Å².